The molecule has 4 nitrogen and oxygen atoms in total. The summed E-state index contributed by atoms with van der Waals surface area (Å²) >= 11 is 0. The summed E-state index contributed by atoms with van der Waals surface area (Å²) in [5, 5.41) is 10.1. The first-order valence-electron chi connectivity index (χ1n) is 7.48. The lowest BCUT2D eigenvalue weighted by molar-refractivity contribution is -0.0895. The van der Waals surface area contributed by atoms with Gasteiger partial charge in [-0.3, -0.25) is 4.99 Å². The minimum atomic E-state index is -0.976. The van der Waals surface area contributed by atoms with E-state index in [9.17, 15) is 5.11 Å². The van der Waals surface area contributed by atoms with Gasteiger partial charge in [0.2, 0.25) is 0 Å². The number of aliphatic imine (C=N–C) groups is 1. The van der Waals surface area contributed by atoms with Crippen molar-refractivity contribution in [2.75, 3.05) is 0 Å². The van der Waals surface area contributed by atoms with Crippen molar-refractivity contribution >= 4 is 19.4 Å². The molecule has 1 radical (unpaired) electrons. The molecule has 5 heteroatoms. The van der Waals surface area contributed by atoms with Gasteiger partial charge < -0.3 is 15.5 Å². The highest BCUT2D eigenvalue weighted by atomic mass is 16.5. The fourth-order valence-electron chi connectivity index (χ4n) is 1.44. The number of allylic oxidation sites excluding steroid dienone is 1. The largest absolute Gasteiger partial charge is 0.427 e. The third kappa shape index (κ3) is 5.32. The molecule has 0 amide bonds. The van der Waals surface area contributed by atoms with Gasteiger partial charge in [0.05, 0.1) is 16.9 Å². The average Bonchev–Trinajstić information content (AvgIpc) is 2.46. The van der Waals surface area contributed by atoms with E-state index < -0.39 is 11.2 Å². The van der Waals surface area contributed by atoms with Crippen molar-refractivity contribution < 1.29 is 9.76 Å². The molecule has 1 rings (SSSR count). The van der Waals surface area contributed by atoms with Gasteiger partial charge in [0.1, 0.15) is 0 Å². The lowest BCUT2D eigenvalue weighted by Gasteiger charge is -2.37. The van der Waals surface area contributed by atoms with Crippen LogP contribution in [0.4, 0.5) is 5.69 Å². The van der Waals surface area contributed by atoms with Crippen molar-refractivity contribution in [2.45, 2.75) is 52.2 Å². The quantitative estimate of drug-likeness (QED) is 0.601. The van der Waals surface area contributed by atoms with Gasteiger partial charge in [-0.25, -0.2) is 0 Å². The van der Waals surface area contributed by atoms with E-state index in [0.717, 1.165) is 12.1 Å². The third-order valence-electron chi connectivity index (χ3n) is 3.86. The molecule has 3 N–H and O–H groups in total. The van der Waals surface area contributed by atoms with E-state index in [-0.39, 0.29) is 0 Å². The number of aryl methyl sites for hydroxylation is 1. The molecule has 1 aromatic carbocycles. The molecule has 0 atom stereocenters. The van der Waals surface area contributed by atoms with Crippen LogP contribution < -0.4 is 5.73 Å². The second kappa shape index (κ2) is 7.61. The zero-order valence-electron chi connectivity index (χ0n) is 14.1. The standard InChI is InChI=1S/C17H26BN2O2/c1-6-13-7-9-15(10-8-13)20-12-14(11-19)18-22-17(4,5)16(2,3)21/h7-12,21H,6,19H2,1-5H3. The molecule has 0 aromatic heterocycles. The Kier molecular flexibility index (Phi) is 6.39. The molecule has 0 saturated carbocycles. The predicted molar refractivity (Wildman–Crippen MR) is 93.5 cm³/mol. The molecule has 0 aliphatic rings. The van der Waals surface area contributed by atoms with Crippen LogP contribution in [0, 0.1) is 0 Å². The maximum Gasteiger partial charge on any atom is 0.333 e. The first-order chi connectivity index (χ1) is 10.2. The first kappa shape index (κ1) is 18.5. The van der Waals surface area contributed by atoms with Crippen molar-refractivity contribution in [1.82, 2.24) is 0 Å². The van der Waals surface area contributed by atoms with Crippen LogP contribution in [0.5, 0.6) is 0 Å². The lowest BCUT2D eigenvalue weighted by Crippen LogP contribution is -2.48. The van der Waals surface area contributed by atoms with Crippen molar-refractivity contribution in [3.05, 3.63) is 41.5 Å². The molecule has 0 heterocycles. The SMILES string of the molecule is CCc1ccc(N=CC([B]OC(C)(C)C(C)(C)O)=CN)cc1. The second-order valence-electron chi connectivity index (χ2n) is 6.25. The highest BCUT2D eigenvalue weighted by Gasteiger charge is 2.35. The number of nitrogens with zero attached hydrogens (tertiary/aromatic N) is 1. The highest BCUT2D eigenvalue weighted by molar-refractivity contribution is 6.46. The fraction of sp³-hybridized carbons (Fsp3) is 0.471. The summed E-state index contributed by atoms with van der Waals surface area (Å²) in [6.45, 7) is 9.16. The number of hydrogen-bond donors (Lipinski definition) is 2. The minimum Gasteiger partial charge on any atom is -0.427 e. The van der Waals surface area contributed by atoms with Crippen LogP contribution in [0.1, 0.15) is 40.2 Å². The zero-order chi connectivity index (χ0) is 16.8. The summed E-state index contributed by atoms with van der Waals surface area (Å²) in [5.74, 6) is 0. The fourth-order valence-corrected chi connectivity index (χ4v) is 1.44. The summed E-state index contributed by atoms with van der Waals surface area (Å²) in [6, 6.07) is 8.03. The monoisotopic (exact) mass is 301 g/mol. The van der Waals surface area contributed by atoms with Crippen LogP contribution >= 0.6 is 0 Å². The molecular formula is C17H26BN2O2. The Morgan fingerprint density at radius 1 is 1.27 bits per heavy atom. The van der Waals surface area contributed by atoms with Crippen LogP contribution in [0.2, 0.25) is 0 Å². The van der Waals surface area contributed by atoms with Gasteiger partial charge in [-0.05, 0) is 63.5 Å². The van der Waals surface area contributed by atoms with Crippen molar-refractivity contribution in [2.24, 2.45) is 10.7 Å². The minimum absolute atomic E-state index is 0.636. The molecule has 22 heavy (non-hydrogen) atoms. The Hall–Kier alpha value is -1.59. The van der Waals surface area contributed by atoms with Gasteiger partial charge in [-0.15, -0.1) is 0 Å². The average molecular weight is 301 g/mol. The van der Waals surface area contributed by atoms with Crippen molar-refractivity contribution in [3.8, 4) is 0 Å². The Morgan fingerprint density at radius 3 is 2.32 bits per heavy atom. The Labute approximate surface area is 134 Å². The molecule has 0 saturated heterocycles. The summed E-state index contributed by atoms with van der Waals surface area (Å²) in [5.41, 5.74) is 6.64. The Morgan fingerprint density at radius 2 is 1.86 bits per heavy atom. The smallest absolute Gasteiger partial charge is 0.333 e. The Balaban J connectivity index is 2.67. The maximum atomic E-state index is 10.1. The second-order valence-corrected chi connectivity index (χ2v) is 6.25. The molecule has 1 aromatic rings. The van der Waals surface area contributed by atoms with E-state index in [1.165, 1.54) is 19.2 Å². The van der Waals surface area contributed by atoms with E-state index in [2.05, 4.69) is 24.0 Å². The first-order valence-corrected chi connectivity index (χ1v) is 7.48. The van der Waals surface area contributed by atoms with E-state index >= 15 is 0 Å². The van der Waals surface area contributed by atoms with Crippen LogP contribution in [-0.4, -0.2) is 30.0 Å². The van der Waals surface area contributed by atoms with Gasteiger partial charge in [0.25, 0.3) is 0 Å². The van der Waals surface area contributed by atoms with Crippen LogP contribution in [-0.2, 0) is 11.1 Å². The summed E-state index contributed by atoms with van der Waals surface area (Å²) in [6.07, 6.45) is 4.07. The molecule has 0 bridgehead atoms. The van der Waals surface area contributed by atoms with E-state index in [1.807, 2.05) is 26.0 Å². The zero-order valence-corrected chi connectivity index (χ0v) is 14.1. The highest BCUT2D eigenvalue weighted by Crippen LogP contribution is 2.24. The molecule has 0 fully saturated rings. The molecule has 0 aliphatic heterocycles. The number of rotatable bonds is 7. The third-order valence-corrected chi connectivity index (χ3v) is 3.86. The number of nitrogens with two attached hydrogens (primary N) is 1. The summed E-state index contributed by atoms with van der Waals surface area (Å²) in [7, 11) is 1.52. The van der Waals surface area contributed by atoms with Gasteiger partial charge >= 0.3 is 7.48 Å². The van der Waals surface area contributed by atoms with Crippen molar-refractivity contribution in [3.63, 3.8) is 0 Å². The van der Waals surface area contributed by atoms with Gasteiger partial charge in [0.15, 0.2) is 0 Å². The topological polar surface area (TPSA) is 67.8 Å². The van der Waals surface area contributed by atoms with Gasteiger partial charge in [-0.1, -0.05) is 19.1 Å². The molecule has 0 spiro atoms. The normalized spacial score (nSPS) is 13.6. The van der Waals surface area contributed by atoms with Crippen LogP contribution in [0.25, 0.3) is 0 Å². The van der Waals surface area contributed by atoms with Crippen molar-refractivity contribution in [1.29, 1.82) is 0 Å². The maximum absolute atomic E-state index is 10.1. The molecule has 0 unspecified atom stereocenters. The molecular weight excluding hydrogens is 275 g/mol. The van der Waals surface area contributed by atoms with Crippen LogP contribution in [0.15, 0.2) is 40.9 Å². The molecule has 119 valence electrons. The number of hydrogen-bond acceptors (Lipinski definition) is 4. The summed E-state index contributed by atoms with van der Waals surface area (Å²) in [4.78, 5) is 4.37. The summed E-state index contributed by atoms with van der Waals surface area (Å²) < 4.78 is 5.66. The van der Waals surface area contributed by atoms with E-state index in [4.69, 9.17) is 10.4 Å². The van der Waals surface area contributed by atoms with Gasteiger partial charge in [0, 0.05) is 6.21 Å². The number of benzene rings is 1. The Bertz CT molecular complexity index is 529. The van der Waals surface area contributed by atoms with E-state index in [0.29, 0.717) is 5.47 Å². The lowest BCUT2D eigenvalue weighted by atomic mass is 9.83. The number of aliphatic hydroxyl groups is 1. The van der Waals surface area contributed by atoms with Gasteiger partial charge in [-0.2, -0.15) is 0 Å². The van der Waals surface area contributed by atoms with Crippen LogP contribution in [0.3, 0.4) is 0 Å². The molecule has 0 aliphatic carbocycles. The predicted octanol–water partition coefficient (Wildman–Crippen LogP) is 2.94. The van der Waals surface area contributed by atoms with E-state index in [1.54, 1.807) is 20.1 Å².